The minimum atomic E-state index is 0.174. The summed E-state index contributed by atoms with van der Waals surface area (Å²) in [7, 11) is 0. The summed E-state index contributed by atoms with van der Waals surface area (Å²) in [6.07, 6.45) is 0.652. The van der Waals surface area contributed by atoms with Crippen LogP contribution in [0.2, 0.25) is 0 Å². The normalized spacial score (nSPS) is 21.5. The van der Waals surface area contributed by atoms with Gasteiger partial charge in [-0.1, -0.05) is 18.2 Å². The van der Waals surface area contributed by atoms with Gasteiger partial charge in [-0.3, -0.25) is 4.79 Å². The number of hydrogen-bond acceptors (Lipinski definition) is 2. The highest BCUT2D eigenvalue weighted by atomic mass is 32.2. The summed E-state index contributed by atoms with van der Waals surface area (Å²) in [6.45, 7) is 0.804. The first-order valence-corrected chi connectivity index (χ1v) is 5.21. The molecule has 1 unspecified atom stereocenters. The number of carbonyl (C=O) groups excluding carboxylic acids is 1. The average molecular weight is 193 g/mol. The van der Waals surface area contributed by atoms with Crippen LogP contribution in [0.3, 0.4) is 0 Å². The average Bonchev–Trinajstić information content (AvgIpc) is 2.53. The number of rotatable bonds is 2. The highest BCUT2D eigenvalue weighted by Crippen LogP contribution is 2.26. The Hall–Kier alpha value is -0.960. The summed E-state index contributed by atoms with van der Waals surface area (Å²) in [5, 5.41) is 3.24. The molecule has 1 aliphatic heterocycles. The summed E-state index contributed by atoms with van der Waals surface area (Å²) < 4.78 is 0. The van der Waals surface area contributed by atoms with Gasteiger partial charge in [0, 0.05) is 23.1 Å². The van der Waals surface area contributed by atoms with Gasteiger partial charge < -0.3 is 5.32 Å². The fourth-order valence-corrected chi connectivity index (χ4v) is 2.45. The van der Waals surface area contributed by atoms with Gasteiger partial charge in [-0.05, 0) is 12.1 Å². The van der Waals surface area contributed by atoms with Crippen molar-refractivity contribution in [2.75, 3.05) is 6.54 Å². The van der Waals surface area contributed by atoms with E-state index in [2.05, 4.69) is 17.4 Å². The van der Waals surface area contributed by atoms with Crippen molar-refractivity contribution in [3.05, 3.63) is 30.3 Å². The predicted molar refractivity (Wildman–Crippen MR) is 53.7 cm³/mol. The molecule has 0 saturated carbocycles. The molecule has 3 heteroatoms. The van der Waals surface area contributed by atoms with Crippen molar-refractivity contribution in [3.63, 3.8) is 0 Å². The van der Waals surface area contributed by atoms with Crippen LogP contribution in [-0.4, -0.2) is 17.7 Å². The molecule has 0 aliphatic carbocycles. The zero-order valence-electron chi connectivity index (χ0n) is 7.19. The Labute approximate surface area is 81.7 Å². The Balaban J connectivity index is 1.96. The Kier molecular flexibility index (Phi) is 2.54. The number of benzene rings is 1. The lowest BCUT2D eigenvalue weighted by molar-refractivity contribution is -0.119. The van der Waals surface area contributed by atoms with Crippen molar-refractivity contribution in [1.82, 2.24) is 5.32 Å². The van der Waals surface area contributed by atoms with E-state index in [4.69, 9.17) is 0 Å². The lowest BCUT2D eigenvalue weighted by Crippen LogP contribution is -2.14. The summed E-state index contributed by atoms with van der Waals surface area (Å²) in [4.78, 5) is 12.2. The largest absolute Gasteiger partial charge is 0.355 e. The number of carbonyl (C=O) groups is 1. The van der Waals surface area contributed by atoms with Gasteiger partial charge in [-0.15, -0.1) is 11.8 Å². The van der Waals surface area contributed by atoms with Crippen LogP contribution in [0.1, 0.15) is 6.42 Å². The molecule has 1 heterocycles. The van der Waals surface area contributed by atoms with Gasteiger partial charge in [0.05, 0.1) is 0 Å². The summed E-state index contributed by atoms with van der Waals surface area (Å²) in [6, 6.07) is 10.2. The Bertz CT molecular complexity index is 299. The maximum Gasteiger partial charge on any atom is 0.221 e. The van der Waals surface area contributed by atoms with E-state index in [0.717, 1.165) is 6.54 Å². The first kappa shape index (κ1) is 8.63. The van der Waals surface area contributed by atoms with Crippen LogP contribution < -0.4 is 5.32 Å². The van der Waals surface area contributed by atoms with Crippen LogP contribution in [0, 0.1) is 0 Å². The Morgan fingerprint density at radius 3 is 2.69 bits per heavy atom. The predicted octanol–water partition coefficient (Wildman–Crippen LogP) is 1.67. The number of thioether (sulfide) groups is 1. The molecule has 1 fully saturated rings. The SMILES string of the molecule is O=C1CC(Sc2ccccc2)CN1. The van der Waals surface area contributed by atoms with E-state index in [1.165, 1.54) is 4.90 Å². The second kappa shape index (κ2) is 3.83. The number of nitrogens with one attached hydrogen (secondary N) is 1. The smallest absolute Gasteiger partial charge is 0.221 e. The quantitative estimate of drug-likeness (QED) is 0.774. The molecular formula is C10H11NOS. The summed E-state index contributed by atoms with van der Waals surface area (Å²) in [5.41, 5.74) is 0. The molecule has 1 amide bonds. The van der Waals surface area contributed by atoms with E-state index >= 15 is 0 Å². The molecule has 1 aromatic rings. The highest BCUT2D eigenvalue weighted by molar-refractivity contribution is 8.00. The molecule has 0 spiro atoms. The molecule has 0 aromatic heterocycles. The minimum Gasteiger partial charge on any atom is -0.355 e. The molecule has 1 aromatic carbocycles. The van der Waals surface area contributed by atoms with Gasteiger partial charge in [-0.25, -0.2) is 0 Å². The zero-order chi connectivity index (χ0) is 9.10. The molecule has 2 nitrogen and oxygen atoms in total. The molecular weight excluding hydrogens is 182 g/mol. The monoisotopic (exact) mass is 193 g/mol. The van der Waals surface area contributed by atoms with Crippen molar-refractivity contribution >= 4 is 17.7 Å². The van der Waals surface area contributed by atoms with Gasteiger partial charge in [0.15, 0.2) is 0 Å². The number of amides is 1. The third-order valence-corrected chi connectivity index (χ3v) is 3.20. The van der Waals surface area contributed by atoms with Gasteiger partial charge >= 0.3 is 0 Å². The molecule has 68 valence electrons. The van der Waals surface area contributed by atoms with Crippen LogP contribution >= 0.6 is 11.8 Å². The summed E-state index contributed by atoms with van der Waals surface area (Å²) in [5.74, 6) is 0.174. The maximum atomic E-state index is 10.9. The fourth-order valence-electron chi connectivity index (χ4n) is 1.35. The van der Waals surface area contributed by atoms with Gasteiger partial charge in [0.25, 0.3) is 0 Å². The lowest BCUT2D eigenvalue weighted by atomic mass is 10.4. The van der Waals surface area contributed by atoms with E-state index in [1.54, 1.807) is 11.8 Å². The molecule has 0 radical (unpaired) electrons. The zero-order valence-corrected chi connectivity index (χ0v) is 8.01. The van der Waals surface area contributed by atoms with E-state index < -0.39 is 0 Å². The van der Waals surface area contributed by atoms with Gasteiger partial charge in [0.2, 0.25) is 5.91 Å². The first-order chi connectivity index (χ1) is 6.34. The van der Waals surface area contributed by atoms with Gasteiger partial charge in [-0.2, -0.15) is 0 Å². The van der Waals surface area contributed by atoms with E-state index in [-0.39, 0.29) is 5.91 Å². The molecule has 1 aliphatic rings. The van der Waals surface area contributed by atoms with E-state index in [1.807, 2.05) is 18.2 Å². The molecule has 2 rings (SSSR count). The Morgan fingerprint density at radius 2 is 2.08 bits per heavy atom. The van der Waals surface area contributed by atoms with Crippen molar-refractivity contribution in [2.24, 2.45) is 0 Å². The number of hydrogen-bond donors (Lipinski definition) is 1. The molecule has 1 saturated heterocycles. The summed E-state index contributed by atoms with van der Waals surface area (Å²) >= 11 is 1.77. The van der Waals surface area contributed by atoms with Crippen molar-refractivity contribution in [1.29, 1.82) is 0 Å². The van der Waals surface area contributed by atoms with Crippen LogP contribution in [-0.2, 0) is 4.79 Å². The lowest BCUT2D eigenvalue weighted by Gasteiger charge is -2.05. The fraction of sp³-hybridized carbons (Fsp3) is 0.300. The standard InChI is InChI=1S/C10H11NOS/c12-10-6-9(7-11-10)13-8-4-2-1-3-5-8/h1-5,9H,6-7H2,(H,11,12). The second-order valence-corrected chi connectivity index (χ2v) is 4.43. The molecule has 13 heavy (non-hydrogen) atoms. The Morgan fingerprint density at radius 1 is 1.31 bits per heavy atom. The van der Waals surface area contributed by atoms with Crippen LogP contribution in [0.5, 0.6) is 0 Å². The van der Waals surface area contributed by atoms with Crippen molar-refractivity contribution < 1.29 is 4.79 Å². The van der Waals surface area contributed by atoms with Crippen LogP contribution in [0.15, 0.2) is 35.2 Å². The van der Waals surface area contributed by atoms with Crippen LogP contribution in [0.25, 0.3) is 0 Å². The van der Waals surface area contributed by atoms with Crippen molar-refractivity contribution in [3.8, 4) is 0 Å². The molecule has 1 atom stereocenters. The highest BCUT2D eigenvalue weighted by Gasteiger charge is 2.21. The van der Waals surface area contributed by atoms with Crippen LogP contribution in [0.4, 0.5) is 0 Å². The van der Waals surface area contributed by atoms with E-state index in [0.29, 0.717) is 11.7 Å². The molecule has 0 bridgehead atoms. The second-order valence-electron chi connectivity index (χ2n) is 3.06. The van der Waals surface area contributed by atoms with Gasteiger partial charge in [0.1, 0.15) is 0 Å². The first-order valence-electron chi connectivity index (χ1n) is 4.33. The minimum absolute atomic E-state index is 0.174. The molecule has 1 N–H and O–H groups in total. The maximum absolute atomic E-state index is 10.9. The third-order valence-electron chi connectivity index (χ3n) is 1.99. The topological polar surface area (TPSA) is 29.1 Å². The van der Waals surface area contributed by atoms with E-state index in [9.17, 15) is 4.79 Å². The van der Waals surface area contributed by atoms with Crippen molar-refractivity contribution in [2.45, 2.75) is 16.6 Å². The third kappa shape index (κ3) is 2.25.